The molecule has 0 saturated carbocycles. The Morgan fingerprint density at radius 3 is 2.76 bits per heavy atom. The van der Waals surface area contributed by atoms with Crippen LogP contribution in [0.1, 0.15) is 47.3 Å². The molecule has 3 rings (SSSR count). The summed E-state index contributed by atoms with van der Waals surface area (Å²) in [6.07, 6.45) is 1.80. The third-order valence-electron chi connectivity index (χ3n) is 4.51. The van der Waals surface area contributed by atoms with Crippen molar-refractivity contribution < 1.29 is 15.0 Å². The number of hydrogen-bond acceptors (Lipinski definition) is 3. The smallest absolute Gasteiger partial charge is 0.339 e. The minimum Gasteiger partial charge on any atom is -0.507 e. The standard InChI is InChI=1S/C21H20O3S/c1-21(2)10-11-25-19-9-7-14(12-17(19)21)4-3-5-15-6-8-16(20(23)24)18(22)13-15/h6-9,12-13,22H,4,10-11H2,1-2H3,(H,23,24). The van der Waals surface area contributed by atoms with Gasteiger partial charge in [-0.05, 0) is 53.0 Å². The number of thioether (sulfide) groups is 1. The summed E-state index contributed by atoms with van der Waals surface area (Å²) >= 11 is 1.91. The minimum absolute atomic E-state index is 0.111. The fourth-order valence-corrected chi connectivity index (χ4v) is 4.42. The summed E-state index contributed by atoms with van der Waals surface area (Å²) in [5.41, 5.74) is 3.26. The molecule has 0 atom stereocenters. The van der Waals surface area contributed by atoms with Gasteiger partial charge in [-0.25, -0.2) is 4.79 Å². The molecule has 1 aliphatic rings. The molecule has 128 valence electrons. The zero-order chi connectivity index (χ0) is 18.0. The number of carbonyl (C=O) groups is 1. The first kappa shape index (κ1) is 17.4. The van der Waals surface area contributed by atoms with Crippen molar-refractivity contribution in [1.29, 1.82) is 0 Å². The Kier molecular flexibility index (Phi) is 4.78. The van der Waals surface area contributed by atoms with Crippen molar-refractivity contribution in [3.05, 3.63) is 58.7 Å². The number of aromatic hydroxyl groups is 1. The largest absolute Gasteiger partial charge is 0.507 e. The van der Waals surface area contributed by atoms with Crippen molar-refractivity contribution in [2.24, 2.45) is 0 Å². The number of hydrogen-bond donors (Lipinski definition) is 2. The fraction of sp³-hybridized carbons (Fsp3) is 0.286. The first-order chi connectivity index (χ1) is 11.9. The van der Waals surface area contributed by atoms with E-state index in [-0.39, 0.29) is 16.7 Å². The van der Waals surface area contributed by atoms with Crippen molar-refractivity contribution in [2.45, 2.75) is 37.0 Å². The Hall–Kier alpha value is -2.38. The molecule has 0 unspecified atom stereocenters. The molecule has 1 aliphatic heterocycles. The normalized spacial score (nSPS) is 15.0. The molecule has 0 aromatic heterocycles. The topological polar surface area (TPSA) is 57.5 Å². The lowest BCUT2D eigenvalue weighted by atomic mass is 9.81. The van der Waals surface area contributed by atoms with Gasteiger partial charge in [-0.3, -0.25) is 0 Å². The number of phenols is 1. The van der Waals surface area contributed by atoms with Crippen molar-refractivity contribution in [3.8, 4) is 17.6 Å². The van der Waals surface area contributed by atoms with Crippen LogP contribution in [0.2, 0.25) is 0 Å². The van der Waals surface area contributed by atoms with E-state index < -0.39 is 5.97 Å². The van der Waals surface area contributed by atoms with Gasteiger partial charge < -0.3 is 10.2 Å². The second kappa shape index (κ2) is 6.85. The van der Waals surface area contributed by atoms with Crippen LogP contribution >= 0.6 is 11.8 Å². The monoisotopic (exact) mass is 352 g/mol. The molecule has 2 N–H and O–H groups in total. The van der Waals surface area contributed by atoms with Crippen LogP contribution in [0.3, 0.4) is 0 Å². The molecule has 0 radical (unpaired) electrons. The lowest BCUT2D eigenvalue weighted by Crippen LogP contribution is -2.22. The molecule has 0 saturated heterocycles. The van der Waals surface area contributed by atoms with E-state index in [4.69, 9.17) is 5.11 Å². The Morgan fingerprint density at radius 1 is 1.24 bits per heavy atom. The Balaban J connectivity index is 1.78. The van der Waals surface area contributed by atoms with E-state index in [1.54, 1.807) is 6.07 Å². The van der Waals surface area contributed by atoms with E-state index in [2.05, 4.69) is 43.9 Å². The van der Waals surface area contributed by atoms with E-state index >= 15 is 0 Å². The van der Waals surface area contributed by atoms with Gasteiger partial charge in [0.15, 0.2) is 0 Å². The second-order valence-electron chi connectivity index (χ2n) is 6.83. The van der Waals surface area contributed by atoms with E-state index in [1.165, 1.54) is 34.6 Å². The number of fused-ring (bicyclic) bond motifs is 1. The highest BCUT2D eigenvalue weighted by Gasteiger charge is 2.27. The van der Waals surface area contributed by atoms with Crippen LogP contribution in [-0.4, -0.2) is 21.9 Å². The van der Waals surface area contributed by atoms with Crippen LogP contribution < -0.4 is 0 Å². The first-order valence-corrected chi connectivity index (χ1v) is 9.17. The van der Waals surface area contributed by atoms with Gasteiger partial charge in [-0.15, -0.1) is 11.8 Å². The van der Waals surface area contributed by atoms with E-state index in [9.17, 15) is 9.90 Å². The molecule has 0 spiro atoms. The minimum atomic E-state index is -1.15. The van der Waals surface area contributed by atoms with Gasteiger partial charge in [0.05, 0.1) is 0 Å². The van der Waals surface area contributed by atoms with Gasteiger partial charge in [0.2, 0.25) is 0 Å². The summed E-state index contributed by atoms with van der Waals surface area (Å²) in [7, 11) is 0. The average molecular weight is 352 g/mol. The Labute approximate surface area is 152 Å². The zero-order valence-electron chi connectivity index (χ0n) is 14.3. The van der Waals surface area contributed by atoms with Crippen LogP contribution in [0.15, 0.2) is 41.3 Å². The summed E-state index contributed by atoms with van der Waals surface area (Å²) in [6.45, 7) is 4.57. The molecule has 1 heterocycles. The lowest BCUT2D eigenvalue weighted by Gasteiger charge is -2.32. The van der Waals surface area contributed by atoms with E-state index in [0.29, 0.717) is 12.0 Å². The maximum Gasteiger partial charge on any atom is 0.339 e. The Bertz CT molecular complexity index is 888. The maximum absolute atomic E-state index is 10.9. The molecule has 25 heavy (non-hydrogen) atoms. The predicted octanol–water partition coefficient (Wildman–Crippen LogP) is 4.46. The third-order valence-corrected chi connectivity index (χ3v) is 5.59. The van der Waals surface area contributed by atoms with Crippen molar-refractivity contribution in [3.63, 3.8) is 0 Å². The summed E-state index contributed by atoms with van der Waals surface area (Å²) < 4.78 is 0. The highest BCUT2D eigenvalue weighted by atomic mass is 32.2. The molecule has 2 aromatic carbocycles. The van der Waals surface area contributed by atoms with Crippen molar-refractivity contribution in [2.75, 3.05) is 5.75 Å². The average Bonchev–Trinajstić information content (AvgIpc) is 2.55. The number of aromatic carboxylic acids is 1. The van der Waals surface area contributed by atoms with Crippen LogP contribution in [-0.2, 0) is 11.8 Å². The molecule has 0 bridgehead atoms. The molecule has 0 amide bonds. The summed E-state index contributed by atoms with van der Waals surface area (Å²) in [5, 5.41) is 18.6. The molecule has 0 fully saturated rings. The van der Waals surface area contributed by atoms with Gasteiger partial charge >= 0.3 is 5.97 Å². The van der Waals surface area contributed by atoms with Gasteiger partial charge in [-0.2, -0.15) is 0 Å². The quantitative estimate of drug-likeness (QED) is 0.784. The number of rotatable bonds is 2. The van der Waals surface area contributed by atoms with Crippen molar-refractivity contribution >= 4 is 17.7 Å². The predicted molar refractivity (Wildman–Crippen MR) is 100 cm³/mol. The molecule has 0 aliphatic carbocycles. The van der Waals surface area contributed by atoms with Gasteiger partial charge in [-0.1, -0.05) is 37.8 Å². The van der Waals surface area contributed by atoms with Crippen LogP contribution in [0.5, 0.6) is 5.75 Å². The number of carboxylic acid groups (broad SMARTS) is 1. The molecule has 2 aromatic rings. The molecular weight excluding hydrogens is 332 g/mol. The van der Waals surface area contributed by atoms with Gasteiger partial charge in [0.25, 0.3) is 0 Å². The van der Waals surface area contributed by atoms with Crippen LogP contribution in [0.25, 0.3) is 0 Å². The lowest BCUT2D eigenvalue weighted by molar-refractivity contribution is 0.0693. The molecule has 3 nitrogen and oxygen atoms in total. The van der Waals surface area contributed by atoms with Crippen LogP contribution in [0, 0.1) is 11.8 Å². The third kappa shape index (κ3) is 3.83. The number of benzene rings is 2. The zero-order valence-corrected chi connectivity index (χ0v) is 15.1. The van der Waals surface area contributed by atoms with E-state index in [0.717, 1.165) is 5.75 Å². The second-order valence-corrected chi connectivity index (χ2v) is 7.97. The summed E-state index contributed by atoms with van der Waals surface area (Å²) in [6, 6.07) is 10.9. The maximum atomic E-state index is 10.9. The van der Waals surface area contributed by atoms with Crippen molar-refractivity contribution in [1.82, 2.24) is 0 Å². The Morgan fingerprint density at radius 2 is 2.04 bits per heavy atom. The molecular formula is C21H20O3S. The SMILES string of the molecule is CC1(C)CCSc2ccc(CC#Cc3ccc(C(=O)O)c(O)c3)cc21. The first-order valence-electron chi connectivity index (χ1n) is 8.18. The molecule has 4 heteroatoms. The van der Waals surface area contributed by atoms with Crippen LogP contribution in [0.4, 0.5) is 0 Å². The van der Waals surface area contributed by atoms with Gasteiger partial charge in [0, 0.05) is 16.9 Å². The summed E-state index contributed by atoms with van der Waals surface area (Å²) in [5.74, 6) is 5.86. The highest BCUT2D eigenvalue weighted by molar-refractivity contribution is 7.99. The van der Waals surface area contributed by atoms with E-state index in [1.807, 2.05) is 11.8 Å². The van der Waals surface area contributed by atoms with Gasteiger partial charge in [0.1, 0.15) is 11.3 Å². The number of carboxylic acids is 1. The highest BCUT2D eigenvalue weighted by Crippen LogP contribution is 2.41. The summed E-state index contributed by atoms with van der Waals surface area (Å²) in [4.78, 5) is 12.3. The fourth-order valence-electron chi connectivity index (χ4n) is 2.93.